The molecule has 0 saturated carbocycles. The average molecular weight is 419 g/mol. The second-order valence-electron chi connectivity index (χ2n) is 6.84. The highest BCUT2D eigenvalue weighted by molar-refractivity contribution is 8.14. The van der Waals surface area contributed by atoms with Crippen molar-refractivity contribution in [1.29, 1.82) is 0 Å². The molecule has 148 valence electrons. The fraction of sp³-hybridized carbons (Fsp3) is 0.381. The van der Waals surface area contributed by atoms with E-state index in [2.05, 4.69) is 0 Å². The van der Waals surface area contributed by atoms with E-state index in [0.717, 1.165) is 42.2 Å². The van der Waals surface area contributed by atoms with Gasteiger partial charge in [0.15, 0.2) is 22.4 Å². The zero-order valence-electron chi connectivity index (χ0n) is 15.9. The lowest BCUT2D eigenvalue weighted by Crippen LogP contribution is -2.46. The number of amidine groups is 1. The first-order valence-electron chi connectivity index (χ1n) is 9.27. The van der Waals surface area contributed by atoms with Crippen molar-refractivity contribution in [2.45, 2.75) is 23.8 Å². The van der Waals surface area contributed by atoms with Crippen LogP contribution in [0.1, 0.15) is 29.2 Å². The molecule has 2 aromatic carbocycles. The number of aliphatic hydroxyl groups is 1. The third-order valence-corrected chi connectivity index (χ3v) is 6.99. The minimum Gasteiger partial charge on any atom is -0.493 e. The first kappa shape index (κ1) is 19.4. The molecule has 0 aliphatic carbocycles. The lowest BCUT2D eigenvalue weighted by molar-refractivity contribution is -0.0713. The molecule has 0 aromatic heterocycles. The average Bonchev–Trinajstić information content (AvgIpc) is 2.87. The largest absolute Gasteiger partial charge is 0.493 e. The van der Waals surface area contributed by atoms with Crippen LogP contribution in [0, 0.1) is 0 Å². The third-order valence-electron chi connectivity index (χ3n) is 5.26. The van der Waals surface area contributed by atoms with Crippen molar-refractivity contribution in [3.63, 3.8) is 0 Å². The van der Waals surface area contributed by atoms with Crippen molar-refractivity contribution < 1.29 is 14.6 Å². The summed E-state index contributed by atoms with van der Waals surface area (Å²) in [4.78, 5) is 6.75. The van der Waals surface area contributed by atoms with Crippen LogP contribution in [0.3, 0.4) is 0 Å². The van der Waals surface area contributed by atoms with Crippen LogP contribution >= 0.6 is 23.4 Å². The van der Waals surface area contributed by atoms with E-state index < -0.39 is 5.72 Å². The Morgan fingerprint density at radius 1 is 1.14 bits per heavy atom. The van der Waals surface area contributed by atoms with Gasteiger partial charge in [0, 0.05) is 23.7 Å². The number of hydrogen-bond acceptors (Lipinski definition) is 6. The fourth-order valence-electron chi connectivity index (χ4n) is 3.82. The van der Waals surface area contributed by atoms with Crippen LogP contribution < -0.4 is 9.47 Å². The number of hydrogen-bond donors (Lipinski definition) is 1. The summed E-state index contributed by atoms with van der Waals surface area (Å²) in [6.45, 7) is 1.51. The van der Waals surface area contributed by atoms with Crippen molar-refractivity contribution in [3.05, 3.63) is 58.6 Å². The molecule has 1 saturated heterocycles. The molecular weight excluding hydrogens is 396 g/mol. The highest BCUT2D eigenvalue weighted by Gasteiger charge is 2.54. The standard InChI is InChI=1S/C21H23ClN2O3S/c1-26-17-10-9-14(13-18(17)27-2)21(25)19(15-7-3-4-8-16(15)22)28-20-23-11-5-6-12-24(20)21/h3-4,7-10,13,19,25H,5-6,11-12H2,1-2H3. The number of rotatable bonds is 4. The van der Waals surface area contributed by atoms with Crippen molar-refractivity contribution in [2.24, 2.45) is 4.99 Å². The molecule has 2 heterocycles. The molecule has 5 nitrogen and oxygen atoms in total. The van der Waals surface area contributed by atoms with E-state index in [0.29, 0.717) is 16.5 Å². The van der Waals surface area contributed by atoms with E-state index in [1.54, 1.807) is 26.0 Å². The van der Waals surface area contributed by atoms with E-state index >= 15 is 0 Å². The Morgan fingerprint density at radius 3 is 2.68 bits per heavy atom. The summed E-state index contributed by atoms with van der Waals surface area (Å²) in [5, 5.41) is 13.4. The smallest absolute Gasteiger partial charge is 0.182 e. The molecule has 7 heteroatoms. The van der Waals surface area contributed by atoms with Crippen LogP contribution in [0.2, 0.25) is 5.02 Å². The van der Waals surface area contributed by atoms with E-state index in [1.165, 1.54) is 0 Å². The van der Waals surface area contributed by atoms with Gasteiger partial charge in [0.05, 0.1) is 19.5 Å². The summed E-state index contributed by atoms with van der Waals surface area (Å²) in [5.41, 5.74) is 0.329. The summed E-state index contributed by atoms with van der Waals surface area (Å²) in [6, 6.07) is 13.2. The van der Waals surface area contributed by atoms with Gasteiger partial charge in [-0.25, -0.2) is 0 Å². The van der Waals surface area contributed by atoms with Crippen molar-refractivity contribution in [2.75, 3.05) is 27.3 Å². The summed E-state index contributed by atoms with van der Waals surface area (Å²) in [5.74, 6) is 1.20. The van der Waals surface area contributed by atoms with Gasteiger partial charge in [-0.05, 0) is 36.6 Å². The summed E-state index contributed by atoms with van der Waals surface area (Å²) in [6.07, 6.45) is 1.98. The van der Waals surface area contributed by atoms with Crippen LogP contribution in [0.25, 0.3) is 0 Å². The van der Waals surface area contributed by atoms with Gasteiger partial charge in [-0.15, -0.1) is 0 Å². The van der Waals surface area contributed by atoms with E-state index in [1.807, 2.05) is 47.4 Å². The van der Waals surface area contributed by atoms with Gasteiger partial charge < -0.3 is 19.5 Å². The minimum absolute atomic E-state index is 0.309. The Labute approximate surface area is 174 Å². The maximum Gasteiger partial charge on any atom is 0.182 e. The van der Waals surface area contributed by atoms with Gasteiger partial charge in [0.25, 0.3) is 0 Å². The number of thioether (sulfide) groups is 1. The molecule has 1 N–H and O–H groups in total. The number of methoxy groups -OCH3 is 2. The van der Waals surface area contributed by atoms with Crippen molar-refractivity contribution in [1.82, 2.24) is 4.90 Å². The lowest BCUT2D eigenvalue weighted by Gasteiger charge is -2.38. The molecule has 1 fully saturated rings. The summed E-state index contributed by atoms with van der Waals surface area (Å²) >= 11 is 8.10. The first-order chi connectivity index (χ1) is 13.6. The van der Waals surface area contributed by atoms with Gasteiger partial charge >= 0.3 is 0 Å². The Bertz CT molecular complexity index is 907. The number of aliphatic imine (C=N–C) groups is 1. The van der Waals surface area contributed by atoms with Crippen LogP contribution in [-0.4, -0.2) is 42.5 Å². The van der Waals surface area contributed by atoms with Crippen LogP contribution in [0.5, 0.6) is 11.5 Å². The number of ether oxygens (including phenoxy) is 2. The van der Waals surface area contributed by atoms with E-state index in [9.17, 15) is 5.11 Å². The highest BCUT2D eigenvalue weighted by atomic mass is 35.5. The molecule has 0 bridgehead atoms. The molecule has 0 radical (unpaired) electrons. The molecule has 2 unspecified atom stereocenters. The predicted molar refractivity (Wildman–Crippen MR) is 113 cm³/mol. The van der Waals surface area contributed by atoms with Gasteiger partial charge in [-0.3, -0.25) is 4.99 Å². The predicted octanol–water partition coefficient (Wildman–Crippen LogP) is 4.44. The van der Waals surface area contributed by atoms with Crippen LogP contribution in [0.4, 0.5) is 0 Å². The van der Waals surface area contributed by atoms with Gasteiger partial charge in [0.1, 0.15) is 0 Å². The molecule has 2 aromatic rings. The number of benzene rings is 2. The normalized spacial score (nSPS) is 24.4. The fourth-order valence-corrected chi connectivity index (χ4v) is 5.63. The molecule has 28 heavy (non-hydrogen) atoms. The number of nitrogens with zero attached hydrogens (tertiary/aromatic N) is 2. The van der Waals surface area contributed by atoms with Crippen LogP contribution in [0.15, 0.2) is 47.5 Å². The maximum absolute atomic E-state index is 12.2. The van der Waals surface area contributed by atoms with Gasteiger partial charge in [-0.1, -0.05) is 47.6 Å². The van der Waals surface area contributed by atoms with E-state index in [4.69, 9.17) is 26.1 Å². The Kier molecular flexibility index (Phi) is 5.45. The summed E-state index contributed by atoms with van der Waals surface area (Å²) < 4.78 is 10.9. The summed E-state index contributed by atoms with van der Waals surface area (Å²) in [7, 11) is 3.20. The zero-order chi connectivity index (χ0) is 19.7. The number of halogens is 1. The molecule has 0 amide bonds. The van der Waals surface area contributed by atoms with Crippen molar-refractivity contribution in [3.8, 4) is 11.5 Å². The molecule has 2 aliphatic rings. The second-order valence-corrected chi connectivity index (χ2v) is 8.32. The lowest BCUT2D eigenvalue weighted by atomic mass is 9.92. The molecule has 4 rings (SSSR count). The zero-order valence-corrected chi connectivity index (χ0v) is 17.5. The Hall–Kier alpha value is -1.89. The molecule has 2 aliphatic heterocycles. The minimum atomic E-state index is -1.29. The maximum atomic E-state index is 12.2. The van der Waals surface area contributed by atoms with Gasteiger partial charge in [-0.2, -0.15) is 0 Å². The third kappa shape index (κ3) is 3.13. The monoisotopic (exact) mass is 418 g/mol. The van der Waals surface area contributed by atoms with E-state index in [-0.39, 0.29) is 5.25 Å². The van der Waals surface area contributed by atoms with Crippen molar-refractivity contribution >= 4 is 28.5 Å². The second kappa shape index (κ2) is 7.85. The number of fused-ring (bicyclic) bond motifs is 1. The quantitative estimate of drug-likeness (QED) is 0.795. The SMILES string of the molecule is COc1ccc(C2(O)C(c3ccccc3Cl)SC3=NCCCCN32)cc1OC. The molecule has 0 spiro atoms. The van der Waals surface area contributed by atoms with Crippen LogP contribution in [-0.2, 0) is 5.72 Å². The topological polar surface area (TPSA) is 54.3 Å². The Balaban J connectivity index is 1.89. The Morgan fingerprint density at radius 2 is 1.93 bits per heavy atom. The molecule has 2 atom stereocenters. The first-order valence-corrected chi connectivity index (χ1v) is 10.5. The molecular formula is C21H23ClN2O3S. The van der Waals surface area contributed by atoms with Gasteiger partial charge in [0.2, 0.25) is 0 Å². The highest BCUT2D eigenvalue weighted by Crippen LogP contribution is 2.56.